The van der Waals surface area contributed by atoms with Crippen LogP contribution in [-0.4, -0.2) is 24.3 Å². The predicted octanol–water partition coefficient (Wildman–Crippen LogP) is 4.39. The van der Waals surface area contributed by atoms with Crippen LogP contribution in [0.1, 0.15) is 49.4 Å². The molecule has 5 heteroatoms. The fourth-order valence-electron chi connectivity index (χ4n) is 2.83. The van der Waals surface area contributed by atoms with Gasteiger partial charge in [-0.15, -0.1) is 0 Å². The number of ether oxygens (including phenoxy) is 2. The highest BCUT2D eigenvalue weighted by Crippen LogP contribution is 2.38. The van der Waals surface area contributed by atoms with Gasteiger partial charge >= 0.3 is 5.97 Å². The third kappa shape index (κ3) is 3.82. The van der Waals surface area contributed by atoms with Gasteiger partial charge in [-0.1, -0.05) is 24.9 Å². The van der Waals surface area contributed by atoms with E-state index in [4.69, 9.17) is 21.1 Å². The SMILES string of the molecule is CCC1CCC(Oc2c(OC)cc(Cl)cc2C(=O)O)CC1. The van der Waals surface area contributed by atoms with Crippen LogP contribution in [0.25, 0.3) is 0 Å². The van der Waals surface area contributed by atoms with Crippen LogP contribution in [0.3, 0.4) is 0 Å². The molecule has 0 heterocycles. The molecule has 0 atom stereocenters. The summed E-state index contributed by atoms with van der Waals surface area (Å²) >= 11 is 5.93. The third-order valence-electron chi connectivity index (χ3n) is 4.13. The second-order valence-corrected chi connectivity index (χ2v) is 5.90. The highest BCUT2D eigenvalue weighted by Gasteiger charge is 2.25. The van der Waals surface area contributed by atoms with Gasteiger partial charge in [0.2, 0.25) is 0 Å². The number of carboxylic acid groups (broad SMARTS) is 1. The molecular formula is C16H21ClO4. The Labute approximate surface area is 130 Å². The summed E-state index contributed by atoms with van der Waals surface area (Å²) in [5, 5.41) is 9.65. The van der Waals surface area contributed by atoms with Gasteiger partial charge in [0.05, 0.1) is 13.2 Å². The number of rotatable bonds is 5. The van der Waals surface area contributed by atoms with Crippen LogP contribution in [0.2, 0.25) is 5.02 Å². The number of aromatic carboxylic acids is 1. The maximum Gasteiger partial charge on any atom is 0.339 e. The first-order valence-electron chi connectivity index (χ1n) is 7.32. The van der Waals surface area contributed by atoms with Crippen molar-refractivity contribution in [2.24, 2.45) is 5.92 Å². The standard InChI is InChI=1S/C16H21ClO4/c1-3-10-4-6-12(7-5-10)21-15-13(16(18)19)8-11(17)9-14(15)20-2/h8-10,12H,3-7H2,1-2H3,(H,18,19). The second-order valence-electron chi connectivity index (χ2n) is 5.46. The molecule has 0 radical (unpaired) electrons. The van der Waals surface area contributed by atoms with Crippen molar-refractivity contribution in [1.82, 2.24) is 0 Å². The van der Waals surface area contributed by atoms with Crippen molar-refractivity contribution in [2.75, 3.05) is 7.11 Å². The zero-order valence-electron chi connectivity index (χ0n) is 12.4. The fraction of sp³-hybridized carbons (Fsp3) is 0.562. The molecule has 0 amide bonds. The van der Waals surface area contributed by atoms with Crippen LogP contribution in [0.15, 0.2) is 12.1 Å². The Hall–Kier alpha value is -1.42. The first kappa shape index (κ1) is 16.0. The van der Waals surface area contributed by atoms with E-state index in [-0.39, 0.29) is 17.4 Å². The summed E-state index contributed by atoms with van der Waals surface area (Å²) in [6, 6.07) is 2.99. The Kier molecular flexibility index (Phi) is 5.34. The van der Waals surface area contributed by atoms with E-state index in [0.29, 0.717) is 10.8 Å². The Morgan fingerprint density at radius 1 is 1.33 bits per heavy atom. The van der Waals surface area contributed by atoms with Crippen molar-refractivity contribution in [3.8, 4) is 11.5 Å². The van der Waals surface area contributed by atoms with E-state index < -0.39 is 5.97 Å². The summed E-state index contributed by atoms with van der Waals surface area (Å²) in [7, 11) is 1.48. The lowest BCUT2D eigenvalue weighted by molar-refractivity contribution is 0.0681. The first-order valence-corrected chi connectivity index (χ1v) is 7.70. The molecule has 0 aliphatic heterocycles. The minimum atomic E-state index is -1.06. The smallest absolute Gasteiger partial charge is 0.339 e. The van der Waals surface area contributed by atoms with E-state index in [1.165, 1.54) is 19.6 Å². The van der Waals surface area contributed by atoms with E-state index in [9.17, 15) is 9.90 Å². The first-order chi connectivity index (χ1) is 10.0. The summed E-state index contributed by atoms with van der Waals surface area (Å²) < 4.78 is 11.2. The highest BCUT2D eigenvalue weighted by molar-refractivity contribution is 6.31. The lowest BCUT2D eigenvalue weighted by atomic mass is 9.86. The molecule has 1 fully saturated rings. The van der Waals surface area contributed by atoms with E-state index >= 15 is 0 Å². The van der Waals surface area contributed by atoms with E-state index in [0.717, 1.165) is 31.6 Å². The second kappa shape index (κ2) is 7.03. The maximum absolute atomic E-state index is 11.4. The van der Waals surface area contributed by atoms with Crippen LogP contribution in [0.4, 0.5) is 0 Å². The minimum Gasteiger partial charge on any atom is -0.493 e. The minimum absolute atomic E-state index is 0.0426. The molecule has 4 nitrogen and oxygen atoms in total. The van der Waals surface area contributed by atoms with Crippen molar-refractivity contribution in [3.05, 3.63) is 22.7 Å². The maximum atomic E-state index is 11.4. The monoisotopic (exact) mass is 312 g/mol. The van der Waals surface area contributed by atoms with Gasteiger partial charge in [0.25, 0.3) is 0 Å². The number of benzene rings is 1. The van der Waals surface area contributed by atoms with Crippen LogP contribution in [0, 0.1) is 5.92 Å². The molecular weight excluding hydrogens is 292 g/mol. The summed E-state index contributed by atoms with van der Waals surface area (Å²) in [5.41, 5.74) is 0.0527. The van der Waals surface area contributed by atoms with Gasteiger partial charge in [0.1, 0.15) is 5.56 Å². The average molecular weight is 313 g/mol. The molecule has 116 valence electrons. The number of methoxy groups -OCH3 is 1. The number of hydrogen-bond acceptors (Lipinski definition) is 3. The topological polar surface area (TPSA) is 55.8 Å². The van der Waals surface area contributed by atoms with Gasteiger partial charge in [-0.3, -0.25) is 0 Å². The van der Waals surface area contributed by atoms with Gasteiger partial charge in [-0.05, 0) is 37.7 Å². The third-order valence-corrected chi connectivity index (χ3v) is 4.34. The van der Waals surface area contributed by atoms with Gasteiger partial charge in [-0.25, -0.2) is 4.79 Å². The molecule has 1 saturated carbocycles. The van der Waals surface area contributed by atoms with Crippen molar-refractivity contribution < 1.29 is 19.4 Å². The van der Waals surface area contributed by atoms with Crippen LogP contribution in [-0.2, 0) is 0 Å². The molecule has 1 N–H and O–H groups in total. The molecule has 21 heavy (non-hydrogen) atoms. The van der Waals surface area contributed by atoms with Gasteiger partial charge in [-0.2, -0.15) is 0 Å². The number of hydrogen-bond donors (Lipinski definition) is 1. The number of carboxylic acids is 1. The molecule has 1 aromatic rings. The molecule has 2 rings (SSSR count). The molecule has 0 unspecified atom stereocenters. The summed E-state index contributed by atoms with van der Waals surface area (Å²) in [6.07, 6.45) is 5.38. The van der Waals surface area contributed by atoms with Crippen molar-refractivity contribution in [2.45, 2.75) is 45.1 Å². The summed E-state index contributed by atoms with van der Waals surface area (Å²) in [5.74, 6) is 0.357. The lowest BCUT2D eigenvalue weighted by Crippen LogP contribution is -2.25. The fourth-order valence-corrected chi connectivity index (χ4v) is 3.03. The molecule has 0 bridgehead atoms. The van der Waals surface area contributed by atoms with Gasteiger partial charge < -0.3 is 14.6 Å². The highest BCUT2D eigenvalue weighted by atomic mass is 35.5. The normalized spacial score (nSPS) is 21.9. The molecule has 1 aliphatic rings. The van der Waals surface area contributed by atoms with Gasteiger partial charge in [0, 0.05) is 11.1 Å². The number of carbonyl (C=O) groups is 1. The van der Waals surface area contributed by atoms with Crippen LogP contribution in [0.5, 0.6) is 11.5 Å². The van der Waals surface area contributed by atoms with Crippen LogP contribution < -0.4 is 9.47 Å². The van der Waals surface area contributed by atoms with Gasteiger partial charge in [0.15, 0.2) is 11.5 Å². The Balaban J connectivity index is 2.20. The molecule has 1 aliphatic carbocycles. The Morgan fingerprint density at radius 2 is 2.00 bits per heavy atom. The molecule has 0 aromatic heterocycles. The largest absolute Gasteiger partial charge is 0.493 e. The zero-order chi connectivity index (χ0) is 15.4. The predicted molar refractivity (Wildman–Crippen MR) is 81.6 cm³/mol. The summed E-state index contributed by atoms with van der Waals surface area (Å²) in [4.78, 5) is 11.4. The number of halogens is 1. The molecule has 1 aromatic carbocycles. The van der Waals surface area contributed by atoms with E-state index in [1.807, 2.05) is 0 Å². The zero-order valence-corrected chi connectivity index (χ0v) is 13.2. The van der Waals surface area contributed by atoms with Crippen LogP contribution >= 0.6 is 11.6 Å². The van der Waals surface area contributed by atoms with E-state index in [2.05, 4.69) is 6.92 Å². The average Bonchev–Trinajstić information content (AvgIpc) is 2.49. The van der Waals surface area contributed by atoms with Crippen molar-refractivity contribution >= 4 is 17.6 Å². The molecule has 0 spiro atoms. The van der Waals surface area contributed by atoms with Crippen molar-refractivity contribution in [1.29, 1.82) is 0 Å². The lowest BCUT2D eigenvalue weighted by Gasteiger charge is -2.29. The summed E-state index contributed by atoms with van der Waals surface area (Å²) in [6.45, 7) is 2.20. The Bertz CT molecular complexity index is 507. The van der Waals surface area contributed by atoms with E-state index in [1.54, 1.807) is 6.07 Å². The molecule has 0 saturated heterocycles. The quantitative estimate of drug-likeness (QED) is 0.875. The Morgan fingerprint density at radius 3 is 2.52 bits per heavy atom. The van der Waals surface area contributed by atoms with Crippen molar-refractivity contribution in [3.63, 3.8) is 0 Å².